The number of carbonyl (C=O) groups is 2. The smallest absolute Gasteiger partial charge is 0.228 e. The molecule has 1 aliphatic heterocycles. The standard InChI is InChI=1S/C15H22N4O2/c1-2-17(8-9-18-7-3-6-16-18)15(21)12-10-14(20)19(11-12)13-4-5-13/h3,6-7,12-13H,2,4-5,8-11H2,1H3/t12-/m1/s1. The Kier molecular flexibility index (Phi) is 3.94. The molecule has 114 valence electrons. The number of aromatic nitrogens is 2. The highest BCUT2D eigenvalue weighted by Crippen LogP contribution is 2.33. The predicted molar refractivity (Wildman–Crippen MR) is 77.3 cm³/mol. The molecule has 2 fully saturated rings. The van der Waals surface area contributed by atoms with Crippen LogP contribution >= 0.6 is 0 Å². The lowest BCUT2D eigenvalue weighted by molar-refractivity contribution is -0.135. The molecular formula is C15H22N4O2. The molecular weight excluding hydrogens is 268 g/mol. The molecule has 0 N–H and O–H groups in total. The van der Waals surface area contributed by atoms with E-state index in [1.807, 2.05) is 33.7 Å². The lowest BCUT2D eigenvalue weighted by Crippen LogP contribution is -2.39. The van der Waals surface area contributed by atoms with Gasteiger partial charge in [-0.25, -0.2) is 0 Å². The Balaban J connectivity index is 1.56. The molecule has 0 radical (unpaired) electrons. The van der Waals surface area contributed by atoms with Crippen LogP contribution in [0.5, 0.6) is 0 Å². The Bertz CT molecular complexity index is 510. The molecule has 6 heteroatoms. The van der Waals surface area contributed by atoms with Gasteiger partial charge in [-0.1, -0.05) is 0 Å². The second-order valence-electron chi connectivity index (χ2n) is 5.87. The summed E-state index contributed by atoms with van der Waals surface area (Å²) >= 11 is 0. The number of likely N-dealkylation sites (tertiary alicyclic amines) is 1. The van der Waals surface area contributed by atoms with Crippen molar-refractivity contribution in [2.75, 3.05) is 19.6 Å². The van der Waals surface area contributed by atoms with Gasteiger partial charge in [0, 0.05) is 44.5 Å². The first-order valence-corrected chi connectivity index (χ1v) is 7.74. The minimum atomic E-state index is -0.157. The van der Waals surface area contributed by atoms with E-state index in [4.69, 9.17) is 0 Å². The van der Waals surface area contributed by atoms with Crippen LogP contribution in [-0.4, -0.2) is 57.1 Å². The second kappa shape index (κ2) is 5.87. The quantitative estimate of drug-likeness (QED) is 0.776. The molecule has 1 saturated heterocycles. The van der Waals surface area contributed by atoms with Crippen LogP contribution in [0.15, 0.2) is 18.5 Å². The summed E-state index contributed by atoms with van der Waals surface area (Å²) in [6.07, 6.45) is 6.22. The zero-order valence-electron chi connectivity index (χ0n) is 12.4. The minimum Gasteiger partial charge on any atom is -0.341 e. The zero-order chi connectivity index (χ0) is 14.8. The Morgan fingerprint density at radius 1 is 1.48 bits per heavy atom. The van der Waals surface area contributed by atoms with Gasteiger partial charge in [0.25, 0.3) is 0 Å². The van der Waals surface area contributed by atoms with Gasteiger partial charge in [0.2, 0.25) is 11.8 Å². The number of likely N-dealkylation sites (N-methyl/N-ethyl adjacent to an activating group) is 1. The van der Waals surface area contributed by atoms with Crippen molar-refractivity contribution in [2.24, 2.45) is 5.92 Å². The summed E-state index contributed by atoms with van der Waals surface area (Å²) in [5.41, 5.74) is 0. The van der Waals surface area contributed by atoms with Crippen LogP contribution in [0.2, 0.25) is 0 Å². The first-order valence-electron chi connectivity index (χ1n) is 7.74. The highest BCUT2D eigenvalue weighted by atomic mass is 16.2. The molecule has 0 bridgehead atoms. The van der Waals surface area contributed by atoms with Crippen molar-refractivity contribution in [1.82, 2.24) is 19.6 Å². The number of hydrogen-bond donors (Lipinski definition) is 0. The number of carbonyl (C=O) groups excluding carboxylic acids is 2. The van der Waals surface area contributed by atoms with Crippen molar-refractivity contribution in [2.45, 2.75) is 38.8 Å². The summed E-state index contributed by atoms with van der Waals surface area (Å²) in [5.74, 6) is 0.107. The Hall–Kier alpha value is -1.85. The summed E-state index contributed by atoms with van der Waals surface area (Å²) in [5, 5.41) is 4.15. The van der Waals surface area contributed by atoms with Crippen LogP contribution in [0.25, 0.3) is 0 Å². The third kappa shape index (κ3) is 3.09. The van der Waals surface area contributed by atoms with E-state index in [2.05, 4.69) is 5.10 Å². The third-order valence-electron chi connectivity index (χ3n) is 4.35. The highest BCUT2D eigenvalue weighted by molar-refractivity contribution is 5.89. The summed E-state index contributed by atoms with van der Waals surface area (Å²) < 4.78 is 1.83. The topological polar surface area (TPSA) is 58.4 Å². The van der Waals surface area contributed by atoms with Gasteiger partial charge < -0.3 is 9.80 Å². The minimum absolute atomic E-state index is 0.112. The summed E-state index contributed by atoms with van der Waals surface area (Å²) in [6.45, 7) is 4.61. The maximum absolute atomic E-state index is 12.6. The van der Waals surface area contributed by atoms with Crippen molar-refractivity contribution in [3.8, 4) is 0 Å². The molecule has 1 aromatic rings. The first-order chi connectivity index (χ1) is 10.2. The Labute approximate surface area is 124 Å². The van der Waals surface area contributed by atoms with Crippen molar-refractivity contribution < 1.29 is 9.59 Å². The predicted octanol–water partition coefficient (Wildman–Crippen LogP) is 0.742. The maximum Gasteiger partial charge on any atom is 0.228 e. The van der Waals surface area contributed by atoms with Crippen LogP contribution in [0.4, 0.5) is 0 Å². The first kappa shape index (κ1) is 14.1. The average molecular weight is 290 g/mol. The van der Waals surface area contributed by atoms with E-state index in [9.17, 15) is 9.59 Å². The lowest BCUT2D eigenvalue weighted by atomic mass is 10.1. The van der Waals surface area contributed by atoms with Crippen molar-refractivity contribution in [1.29, 1.82) is 0 Å². The van der Waals surface area contributed by atoms with E-state index in [1.165, 1.54) is 0 Å². The van der Waals surface area contributed by atoms with Crippen molar-refractivity contribution >= 4 is 11.8 Å². The molecule has 3 rings (SSSR count). The van der Waals surface area contributed by atoms with E-state index in [0.29, 0.717) is 38.6 Å². The third-order valence-corrected chi connectivity index (χ3v) is 4.35. The SMILES string of the molecule is CCN(CCn1cccn1)C(=O)[C@@H]1CC(=O)N(C2CC2)C1. The summed E-state index contributed by atoms with van der Waals surface area (Å²) in [4.78, 5) is 28.3. The fourth-order valence-electron chi connectivity index (χ4n) is 2.97. The molecule has 2 amide bonds. The molecule has 2 aliphatic rings. The van der Waals surface area contributed by atoms with Gasteiger partial charge in [0.1, 0.15) is 0 Å². The zero-order valence-corrected chi connectivity index (χ0v) is 12.4. The van der Waals surface area contributed by atoms with Gasteiger partial charge >= 0.3 is 0 Å². The van der Waals surface area contributed by atoms with Crippen LogP contribution < -0.4 is 0 Å². The molecule has 6 nitrogen and oxygen atoms in total. The molecule has 0 spiro atoms. The molecule has 2 heterocycles. The molecule has 1 saturated carbocycles. The maximum atomic E-state index is 12.6. The fraction of sp³-hybridized carbons (Fsp3) is 0.667. The van der Waals surface area contributed by atoms with Crippen LogP contribution in [0.1, 0.15) is 26.2 Å². The Morgan fingerprint density at radius 2 is 2.29 bits per heavy atom. The largest absolute Gasteiger partial charge is 0.341 e. The monoisotopic (exact) mass is 290 g/mol. The van der Waals surface area contributed by atoms with E-state index < -0.39 is 0 Å². The van der Waals surface area contributed by atoms with Crippen molar-refractivity contribution in [3.05, 3.63) is 18.5 Å². The normalized spacial score (nSPS) is 21.9. The average Bonchev–Trinajstić information content (AvgIpc) is 3.04. The fourth-order valence-corrected chi connectivity index (χ4v) is 2.97. The highest BCUT2D eigenvalue weighted by Gasteiger charge is 2.42. The van der Waals surface area contributed by atoms with Crippen LogP contribution in [0, 0.1) is 5.92 Å². The van der Waals surface area contributed by atoms with Crippen molar-refractivity contribution in [3.63, 3.8) is 0 Å². The lowest BCUT2D eigenvalue weighted by Gasteiger charge is -2.24. The van der Waals surface area contributed by atoms with Crippen LogP contribution in [0.3, 0.4) is 0 Å². The number of hydrogen-bond acceptors (Lipinski definition) is 3. The summed E-state index contributed by atoms with van der Waals surface area (Å²) in [6, 6.07) is 2.29. The van der Waals surface area contributed by atoms with Gasteiger partial charge in [-0.3, -0.25) is 14.3 Å². The van der Waals surface area contributed by atoms with Gasteiger partial charge in [-0.05, 0) is 25.8 Å². The molecule has 21 heavy (non-hydrogen) atoms. The molecule has 0 aromatic carbocycles. The van der Waals surface area contributed by atoms with Gasteiger partial charge in [-0.15, -0.1) is 0 Å². The number of amides is 2. The van der Waals surface area contributed by atoms with E-state index in [0.717, 1.165) is 12.8 Å². The van der Waals surface area contributed by atoms with Gasteiger partial charge in [-0.2, -0.15) is 5.10 Å². The molecule has 1 aliphatic carbocycles. The van der Waals surface area contributed by atoms with Gasteiger partial charge in [0.05, 0.1) is 12.5 Å². The number of rotatable bonds is 6. The summed E-state index contributed by atoms with van der Waals surface area (Å²) in [7, 11) is 0. The van der Waals surface area contributed by atoms with E-state index in [1.54, 1.807) is 6.20 Å². The van der Waals surface area contributed by atoms with E-state index in [-0.39, 0.29) is 17.7 Å². The van der Waals surface area contributed by atoms with Gasteiger partial charge in [0.15, 0.2) is 0 Å². The number of nitrogens with zero attached hydrogens (tertiary/aromatic N) is 4. The second-order valence-corrected chi connectivity index (χ2v) is 5.87. The molecule has 1 atom stereocenters. The molecule has 1 aromatic heterocycles. The van der Waals surface area contributed by atoms with E-state index >= 15 is 0 Å². The Morgan fingerprint density at radius 3 is 2.90 bits per heavy atom. The van der Waals surface area contributed by atoms with Crippen LogP contribution in [-0.2, 0) is 16.1 Å². The molecule has 0 unspecified atom stereocenters.